The third kappa shape index (κ3) is 3.37. The van der Waals surface area contributed by atoms with Crippen molar-refractivity contribution in [3.05, 3.63) is 22.6 Å². The molecule has 1 heterocycles. The lowest BCUT2D eigenvalue weighted by Gasteiger charge is -2.18. The van der Waals surface area contributed by atoms with Gasteiger partial charge in [0.25, 0.3) is 5.56 Å². The number of amides is 1. The van der Waals surface area contributed by atoms with E-state index in [9.17, 15) is 9.59 Å². The van der Waals surface area contributed by atoms with E-state index in [0.29, 0.717) is 5.16 Å². The van der Waals surface area contributed by atoms with Crippen LogP contribution >= 0.6 is 11.8 Å². The average Bonchev–Trinajstić information content (AvgIpc) is 2.15. The normalized spacial score (nSPS) is 14.5. The molecule has 7 heteroatoms. The zero-order chi connectivity index (χ0) is 11.5. The molecule has 0 saturated heterocycles. The first kappa shape index (κ1) is 11.7. The fourth-order valence-electron chi connectivity index (χ4n) is 0.715. The Kier molecular flexibility index (Phi) is 3.48. The highest BCUT2D eigenvalue weighted by atomic mass is 32.2. The molecule has 0 radical (unpaired) electrons. The van der Waals surface area contributed by atoms with Crippen molar-refractivity contribution in [3.63, 3.8) is 0 Å². The fourth-order valence-corrected chi connectivity index (χ4v) is 1.60. The van der Waals surface area contributed by atoms with Crippen molar-refractivity contribution in [1.82, 2.24) is 9.97 Å². The summed E-state index contributed by atoms with van der Waals surface area (Å²) in [7, 11) is 0. The Morgan fingerprint density at radius 3 is 2.93 bits per heavy atom. The SMILES string of the molecule is CC(N)(CSc1nccc(=O)[nH]1)C(N)=O. The van der Waals surface area contributed by atoms with Gasteiger partial charge in [-0.1, -0.05) is 11.8 Å². The number of carbonyl (C=O) groups excluding carboxylic acids is 1. The molecule has 0 aliphatic heterocycles. The number of hydrogen-bond donors (Lipinski definition) is 3. The number of nitrogens with one attached hydrogen (secondary N) is 1. The van der Waals surface area contributed by atoms with Gasteiger partial charge in [-0.15, -0.1) is 0 Å². The first-order valence-electron chi connectivity index (χ1n) is 4.19. The lowest BCUT2D eigenvalue weighted by atomic mass is 10.1. The van der Waals surface area contributed by atoms with E-state index in [2.05, 4.69) is 9.97 Å². The van der Waals surface area contributed by atoms with Crippen molar-refractivity contribution in [2.45, 2.75) is 17.6 Å². The quantitative estimate of drug-likeness (QED) is 0.454. The molecular formula is C8H12N4O2S. The Balaban J connectivity index is 2.65. The van der Waals surface area contributed by atoms with Gasteiger partial charge in [-0.25, -0.2) is 4.98 Å². The smallest absolute Gasteiger partial charge is 0.251 e. The van der Waals surface area contributed by atoms with Crippen molar-refractivity contribution in [3.8, 4) is 0 Å². The van der Waals surface area contributed by atoms with Gasteiger partial charge in [0, 0.05) is 18.0 Å². The van der Waals surface area contributed by atoms with Gasteiger partial charge < -0.3 is 16.5 Å². The van der Waals surface area contributed by atoms with Crippen LogP contribution in [0.25, 0.3) is 0 Å². The van der Waals surface area contributed by atoms with Gasteiger partial charge in [0.05, 0.1) is 0 Å². The molecule has 82 valence electrons. The van der Waals surface area contributed by atoms with Crippen LogP contribution in [0.2, 0.25) is 0 Å². The number of nitrogens with two attached hydrogens (primary N) is 2. The van der Waals surface area contributed by atoms with E-state index in [0.717, 1.165) is 0 Å². The number of thioether (sulfide) groups is 1. The van der Waals surface area contributed by atoms with Crippen molar-refractivity contribution < 1.29 is 4.79 Å². The molecule has 1 rings (SSSR count). The first-order valence-corrected chi connectivity index (χ1v) is 5.17. The van der Waals surface area contributed by atoms with Crippen LogP contribution in [0.15, 0.2) is 22.2 Å². The second kappa shape index (κ2) is 4.45. The molecule has 0 saturated carbocycles. The third-order valence-corrected chi connectivity index (χ3v) is 2.94. The summed E-state index contributed by atoms with van der Waals surface area (Å²) in [5.41, 5.74) is 9.37. The standard InChI is InChI=1S/C8H12N4O2S/c1-8(10,6(9)14)4-15-7-11-3-2-5(13)12-7/h2-3H,4,10H2,1H3,(H2,9,14)(H,11,12,13). The zero-order valence-corrected chi connectivity index (χ0v) is 9.00. The molecule has 0 aliphatic carbocycles. The highest BCUT2D eigenvalue weighted by Gasteiger charge is 2.25. The van der Waals surface area contributed by atoms with Crippen molar-refractivity contribution >= 4 is 17.7 Å². The van der Waals surface area contributed by atoms with Crippen molar-refractivity contribution in [1.29, 1.82) is 0 Å². The molecule has 1 amide bonds. The average molecular weight is 228 g/mol. The molecule has 1 aromatic rings. The second-order valence-electron chi connectivity index (χ2n) is 3.31. The minimum Gasteiger partial charge on any atom is -0.368 e. The van der Waals surface area contributed by atoms with Crippen LogP contribution in [-0.4, -0.2) is 27.2 Å². The highest BCUT2D eigenvalue weighted by Crippen LogP contribution is 2.15. The summed E-state index contributed by atoms with van der Waals surface area (Å²) >= 11 is 1.18. The molecule has 15 heavy (non-hydrogen) atoms. The van der Waals surface area contributed by atoms with E-state index in [1.807, 2.05) is 0 Å². The van der Waals surface area contributed by atoms with Gasteiger partial charge >= 0.3 is 0 Å². The minimum absolute atomic E-state index is 0.245. The Bertz CT molecular complexity index is 415. The number of aromatic amines is 1. The summed E-state index contributed by atoms with van der Waals surface area (Å²) in [4.78, 5) is 28.2. The maximum Gasteiger partial charge on any atom is 0.251 e. The Hall–Kier alpha value is -1.34. The Morgan fingerprint density at radius 2 is 2.40 bits per heavy atom. The second-order valence-corrected chi connectivity index (χ2v) is 4.27. The topological polar surface area (TPSA) is 115 Å². The van der Waals surface area contributed by atoms with Gasteiger partial charge in [0.2, 0.25) is 5.91 Å². The summed E-state index contributed by atoms with van der Waals surface area (Å²) < 4.78 is 0. The summed E-state index contributed by atoms with van der Waals surface area (Å²) in [5.74, 6) is -0.330. The van der Waals surface area contributed by atoms with Gasteiger partial charge in [0.15, 0.2) is 5.16 Å². The monoisotopic (exact) mass is 228 g/mol. The number of H-pyrrole nitrogens is 1. The molecule has 0 fully saturated rings. The molecule has 0 aliphatic rings. The van der Waals surface area contributed by atoms with Crippen LogP contribution in [0, 0.1) is 0 Å². The van der Waals surface area contributed by atoms with Crippen LogP contribution in [0.4, 0.5) is 0 Å². The molecule has 0 spiro atoms. The molecule has 1 aromatic heterocycles. The Morgan fingerprint density at radius 1 is 1.73 bits per heavy atom. The molecule has 5 N–H and O–H groups in total. The number of nitrogens with zero attached hydrogens (tertiary/aromatic N) is 1. The number of carbonyl (C=O) groups is 1. The lowest BCUT2D eigenvalue weighted by molar-refractivity contribution is -0.121. The van der Waals surface area contributed by atoms with E-state index in [4.69, 9.17) is 11.5 Å². The first-order chi connectivity index (χ1) is 6.92. The molecule has 6 nitrogen and oxygen atoms in total. The van der Waals surface area contributed by atoms with E-state index in [-0.39, 0.29) is 11.3 Å². The molecular weight excluding hydrogens is 216 g/mol. The van der Waals surface area contributed by atoms with Crippen LogP contribution in [-0.2, 0) is 4.79 Å². The van der Waals surface area contributed by atoms with Gasteiger partial charge in [-0.3, -0.25) is 9.59 Å². The number of primary amides is 1. The summed E-state index contributed by atoms with van der Waals surface area (Å²) in [5, 5.41) is 0.417. The maximum absolute atomic E-state index is 10.9. The predicted octanol–water partition coefficient (Wildman–Crippen LogP) is -0.935. The lowest BCUT2D eigenvalue weighted by Crippen LogP contribution is -2.51. The summed E-state index contributed by atoms with van der Waals surface area (Å²) in [6.45, 7) is 1.53. The Labute approximate surface area is 90.5 Å². The number of rotatable bonds is 4. The van der Waals surface area contributed by atoms with Crippen molar-refractivity contribution in [2.24, 2.45) is 11.5 Å². The molecule has 1 unspecified atom stereocenters. The number of aromatic nitrogens is 2. The van der Waals surface area contributed by atoms with Crippen LogP contribution < -0.4 is 17.0 Å². The zero-order valence-electron chi connectivity index (χ0n) is 8.19. The largest absolute Gasteiger partial charge is 0.368 e. The van der Waals surface area contributed by atoms with Gasteiger partial charge in [-0.05, 0) is 6.92 Å². The maximum atomic E-state index is 10.9. The van der Waals surface area contributed by atoms with Crippen LogP contribution in [0.3, 0.4) is 0 Å². The predicted molar refractivity (Wildman–Crippen MR) is 57.4 cm³/mol. The van der Waals surface area contributed by atoms with Crippen LogP contribution in [0.5, 0.6) is 0 Å². The van der Waals surface area contributed by atoms with Crippen molar-refractivity contribution in [2.75, 3.05) is 5.75 Å². The molecule has 0 bridgehead atoms. The van der Waals surface area contributed by atoms with Gasteiger partial charge in [0.1, 0.15) is 5.54 Å². The third-order valence-electron chi connectivity index (χ3n) is 1.72. The van der Waals surface area contributed by atoms with E-state index < -0.39 is 11.4 Å². The number of hydrogen-bond acceptors (Lipinski definition) is 5. The summed E-state index contributed by atoms with van der Waals surface area (Å²) in [6.07, 6.45) is 1.39. The molecule has 1 atom stereocenters. The minimum atomic E-state index is -1.11. The van der Waals surface area contributed by atoms with E-state index in [1.165, 1.54) is 30.9 Å². The van der Waals surface area contributed by atoms with E-state index >= 15 is 0 Å². The molecule has 0 aromatic carbocycles. The fraction of sp³-hybridized carbons (Fsp3) is 0.375. The summed E-state index contributed by atoms with van der Waals surface area (Å²) in [6, 6.07) is 1.31. The van der Waals surface area contributed by atoms with Gasteiger partial charge in [-0.2, -0.15) is 0 Å². The van der Waals surface area contributed by atoms with Crippen LogP contribution in [0.1, 0.15) is 6.92 Å². The highest BCUT2D eigenvalue weighted by molar-refractivity contribution is 7.99. The van der Waals surface area contributed by atoms with E-state index in [1.54, 1.807) is 0 Å².